The minimum Gasteiger partial charge on any atom is -0.330 e. The van der Waals surface area contributed by atoms with E-state index in [-0.39, 0.29) is 11.2 Å². The van der Waals surface area contributed by atoms with Crippen molar-refractivity contribution in [3.63, 3.8) is 0 Å². The van der Waals surface area contributed by atoms with Crippen LogP contribution >= 0.6 is 11.6 Å². The van der Waals surface area contributed by atoms with Gasteiger partial charge in [-0.25, -0.2) is 4.39 Å². The third kappa shape index (κ3) is 1.29. The highest BCUT2D eigenvalue weighted by atomic mass is 35.5. The van der Waals surface area contributed by atoms with Gasteiger partial charge in [-0.15, -0.1) is 0 Å². The Balaban J connectivity index is 2.82. The van der Waals surface area contributed by atoms with Gasteiger partial charge in [0, 0.05) is 11.6 Å². The van der Waals surface area contributed by atoms with E-state index in [2.05, 4.69) is 0 Å². The van der Waals surface area contributed by atoms with Gasteiger partial charge in [-0.05, 0) is 19.1 Å². The first-order chi connectivity index (χ1) is 6.61. The maximum absolute atomic E-state index is 13.6. The van der Waals surface area contributed by atoms with Crippen LogP contribution in [0.5, 0.6) is 0 Å². The van der Waals surface area contributed by atoms with Crippen LogP contribution in [0.4, 0.5) is 4.39 Å². The number of nitrogens with two attached hydrogens (primary N) is 1. The van der Waals surface area contributed by atoms with E-state index in [1.165, 1.54) is 0 Å². The largest absolute Gasteiger partial charge is 0.330 e. The van der Waals surface area contributed by atoms with Crippen LogP contribution in [0.3, 0.4) is 0 Å². The second-order valence-corrected chi connectivity index (χ2v) is 3.67. The van der Waals surface area contributed by atoms with Crippen molar-refractivity contribution in [1.82, 2.24) is 4.57 Å². The normalized spacial score (nSPS) is 13.4. The molecule has 74 valence electrons. The summed E-state index contributed by atoms with van der Waals surface area (Å²) in [6.45, 7) is 1.79. The molecule has 0 aliphatic heterocycles. The lowest BCUT2D eigenvalue weighted by Gasteiger charge is -2.10. The number of nitrogens with zero attached hydrogens (tertiary/aromatic N) is 1. The van der Waals surface area contributed by atoms with E-state index in [4.69, 9.17) is 17.3 Å². The minimum absolute atomic E-state index is 0.123. The van der Waals surface area contributed by atoms with Crippen LogP contribution in [-0.2, 0) is 0 Å². The van der Waals surface area contributed by atoms with E-state index < -0.39 is 5.82 Å². The first-order valence-electron chi connectivity index (χ1n) is 4.31. The third-order valence-corrected chi connectivity index (χ3v) is 2.50. The number of rotatable bonds is 1. The Labute approximate surface area is 86.1 Å². The number of aromatic nitrogens is 1. The van der Waals surface area contributed by atoms with Gasteiger partial charge in [-0.2, -0.15) is 0 Å². The summed E-state index contributed by atoms with van der Waals surface area (Å²) < 4.78 is 15.3. The van der Waals surface area contributed by atoms with Gasteiger partial charge >= 0.3 is 0 Å². The first kappa shape index (κ1) is 9.49. The molecule has 1 heterocycles. The highest BCUT2D eigenvalue weighted by Crippen LogP contribution is 2.26. The third-order valence-electron chi connectivity index (χ3n) is 2.21. The lowest BCUT2D eigenvalue weighted by atomic mass is 10.2. The van der Waals surface area contributed by atoms with Crippen molar-refractivity contribution in [3.8, 4) is 0 Å². The van der Waals surface area contributed by atoms with Crippen LogP contribution in [0, 0.1) is 5.82 Å². The Hall–Kier alpha value is -1.06. The number of halogens is 2. The molecule has 1 unspecified atom stereocenters. The van der Waals surface area contributed by atoms with Crippen molar-refractivity contribution in [3.05, 3.63) is 35.2 Å². The van der Waals surface area contributed by atoms with Crippen LogP contribution < -0.4 is 5.73 Å². The van der Waals surface area contributed by atoms with E-state index in [9.17, 15) is 4.39 Å². The summed E-state index contributed by atoms with van der Waals surface area (Å²) in [4.78, 5) is 0. The molecule has 1 aromatic heterocycles. The van der Waals surface area contributed by atoms with Crippen molar-refractivity contribution in [2.45, 2.75) is 13.1 Å². The van der Waals surface area contributed by atoms with Crippen LogP contribution in [0.15, 0.2) is 24.4 Å². The quantitative estimate of drug-likeness (QED) is 0.774. The SMILES string of the molecule is CC(N)n1ccc2ccc(Cl)c(F)c21. The number of benzene rings is 1. The summed E-state index contributed by atoms with van der Waals surface area (Å²) in [5, 5.41) is 0.933. The van der Waals surface area contributed by atoms with E-state index in [0.717, 1.165) is 5.39 Å². The number of fused-ring (bicyclic) bond motifs is 1. The maximum Gasteiger partial charge on any atom is 0.166 e. The van der Waals surface area contributed by atoms with Gasteiger partial charge in [-0.1, -0.05) is 17.7 Å². The molecule has 0 bridgehead atoms. The smallest absolute Gasteiger partial charge is 0.166 e. The molecule has 0 aliphatic carbocycles. The number of hydrogen-bond donors (Lipinski definition) is 1. The molecule has 0 amide bonds. The topological polar surface area (TPSA) is 30.9 Å². The molecule has 2 nitrogen and oxygen atoms in total. The Kier molecular flexibility index (Phi) is 2.21. The first-order valence-corrected chi connectivity index (χ1v) is 4.69. The van der Waals surface area contributed by atoms with Crippen LogP contribution in [0.25, 0.3) is 10.9 Å². The van der Waals surface area contributed by atoms with Crippen molar-refractivity contribution in [1.29, 1.82) is 0 Å². The van der Waals surface area contributed by atoms with Crippen molar-refractivity contribution in [2.24, 2.45) is 5.73 Å². The zero-order chi connectivity index (χ0) is 10.3. The van der Waals surface area contributed by atoms with E-state index >= 15 is 0 Å². The van der Waals surface area contributed by atoms with Gasteiger partial charge in [0.25, 0.3) is 0 Å². The van der Waals surface area contributed by atoms with Gasteiger partial charge < -0.3 is 10.3 Å². The van der Waals surface area contributed by atoms with Gasteiger partial charge in [0.2, 0.25) is 0 Å². The molecule has 1 aromatic carbocycles. The second kappa shape index (κ2) is 3.26. The Bertz CT molecular complexity index is 476. The molecule has 0 spiro atoms. The van der Waals surface area contributed by atoms with E-state index in [0.29, 0.717) is 5.52 Å². The van der Waals surface area contributed by atoms with Gasteiger partial charge in [0.1, 0.15) is 0 Å². The minimum atomic E-state index is -0.411. The van der Waals surface area contributed by atoms with Crippen LogP contribution in [0.1, 0.15) is 13.1 Å². The fourth-order valence-corrected chi connectivity index (χ4v) is 1.68. The highest BCUT2D eigenvalue weighted by molar-refractivity contribution is 6.31. The number of hydrogen-bond acceptors (Lipinski definition) is 1. The summed E-state index contributed by atoms with van der Waals surface area (Å²) >= 11 is 5.69. The molecule has 0 fully saturated rings. The van der Waals surface area contributed by atoms with Gasteiger partial charge in [-0.3, -0.25) is 0 Å². The molecular weight excluding hydrogens is 203 g/mol. The molecule has 0 saturated heterocycles. The average Bonchev–Trinajstić information content (AvgIpc) is 2.55. The molecule has 0 radical (unpaired) electrons. The van der Waals surface area contributed by atoms with Gasteiger partial charge in [0.15, 0.2) is 5.82 Å². The van der Waals surface area contributed by atoms with Gasteiger partial charge in [0.05, 0.1) is 16.7 Å². The molecule has 2 N–H and O–H groups in total. The predicted octanol–water partition coefficient (Wildman–Crippen LogP) is 2.91. The summed E-state index contributed by atoms with van der Waals surface area (Å²) in [6, 6.07) is 5.14. The van der Waals surface area contributed by atoms with E-state index in [1.807, 2.05) is 6.07 Å². The van der Waals surface area contributed by atoms with Crippen LogP contribution in [0.2, 0.25) is 5.02 Å². The van der Waals surface area contributed by atoms with Crippen molar-refractivity contribution < 1.29 is 4.39 Å². The average molecular weight is 213 g/mol. The zero-order valence-electron chi connectivity index (χ0n) is 7.67. The fourth-order valence-electron chi connectivity index (χ4n) is 1.53. The van der Waals surface area contributed by atoms with Crippen molar-refractivity contribution >= 4 is 22.5 Å². The van der Waals surface area contributed by atoms with Crippen LogP contribution in [-0.4, -0.2) is 4.57 Å². The molecule has 2 aromatic rings. The summed E-state index contributed by atoms with van der Waals surface area (Å²) in [6.07, 6.45) is 1.50. The fraction of sp³-hybridized carbons (Fsp3) is 0.200. The standard InChI is InChI=1S/C10H10ClFN2/c1-6(13)14-5-4-7-2-3-8(11)9(12)10(7)14/h2-6H,13H2,1H3. The molecule has 1 atom stereocenters. The lowest BCUT2D eigenvalue weighted by Crippen LogP contribution is -2.13. The highest BCUT2D eigenvalue weighted by Gasteiger charge is 2.11. The zero-order valence-corrected chi connectivity index (χ0v) is 8.42. The molecule has 2 rings (SSSR count). The molecular formula is C10H10ClFN2. The molecule has 4 heteroatoms. The Morgan fingerprint density at radius 1 is 1.43 bits per heavy atom. The summed E-state index contributed by atoms with van der Waals surface area (Å²) in [5.41, 5.74) is 6.16. The van der Waals surface area contributed by atoms with Crippen molar-refractivity contribution in [2.75, 3.05) is 0 Å². The molecule has 0 aliphatic rings. The Morgan fingerprint density at radius 2 is 2.14 bits per heavy atom. The summed E-state index contributed by atoms with van der Waals surface area (Å²) in [5.74, 6) is -0.411. The second-order valence-electron chi connectivity index (χ2n) is 3.26. The lowest BCUT2D eigenvalue weighted by molar-refractivity contribution is 0.569. The predicted molar refractivity (Wildman–Crippen MR) is 55.8 cm³/mol. The monoisotopic (exact) mass is 212 g/mol. The summed E-state index contributed by atoms with van der Waals surface area (Å²) in [7, 11) is 0. The molecule has 0 saturated carbocycles. The van der Waals surface area contributed by atoms with E-state index in [1.54, 1.807) is 29.8 Å². The Morgan fingerprint density at radius 3 is 2.79 bits per heavy atom. The maximum atomic E-state index is 13.6. The molecule has 14 heavy (non-hydrogen) atoms.